The summed E-state index contributed by atoms with van der Waals surface area (Å²) in [7, 11) is 0. The van der Waals surface area contributed by atoms with E-state index >= 15 is 0 Å². The van der Waals surface area contributed by atoms with Gasteiger partial charge < -0.3 is 14.8 Å². The number of pyridine rings is 1. The fourth-order valence-electron chi connectivity index (χ4n) is 4.64. The lowest BCUT2D eigenvalue weighted by Crippen LogP contribution is -2.29. The van der Waals surface area contributed by atoms with Crippen LogP contribution in [-0.2, 0) is 0 Å². The molecule has 2 aromatic heterocycles. The first-order valence-electron chi connectivity index (χ1n) is 10.7. The van der Waals surface area contributed by atoms with Crippen LogP contribution in [0.5, 0.6) is 0 Å². The highest BCUT2D eigenvalue weighted by molar-refractivity contribution is 7.80. The predicted molar refractivity (Wildman–Crippen MR) is 140 cm³/mol. The van der Waals surface area contributed by atoms with Gasteiger partial charge in [-0.15, -0.1) is 0 Å². The van der Waals surface area contributed by atoms with Gasteiger partial charge in [0.15, 0.2) is 5.11 Å². The minimum atomic E-state index is -0.116. The van der Waals surface area contributed by atoms with E-state index in [1.165, 1.54) is 0 Å². The highest BCUT2D eigenvalue weighted by Crippen LogP contribution is 2.44. The first-order valence-corrected chi connectivity index (χ1v) is 11.8. The maximum Gasteiger partial charge on any atom is 0.174 e. The zero-order valence-corrected chi connectivity index (χ0v) is 20.5. The van der Waals surface area contributed by atoms with Gasteiger partial charge in [-0.3, -0.25) is 4.98 Å². The molecule has 0 radical (unpaired) electrons. The third-order valence-corrected chi connectivity index (χ3v) is 6.97. The molecule has 1 fully saturated rings. The number of anilines is 1. The largest absolute Gasteiger partial charge is 0.351 e. The van der Waals surface area contributed by atoms with Gasteiger partial charge in [0.05, 0.1) is 28.5 Å². The van der Waals surface area contributed by atoms with Gasteiger partial charge in [0.1, 0.15) is 0 Å². The topological polar surface area (TPSA) is 33.1 Å². The van der Waals surface area contributed by atoms with Crippen LogP contribution < -0.4 is 10.2 Å². The Kier molecular flexibility index (Phi) is 5.87. The molecule has 1 N–H and O–H groups in total. The van der Waals surface area contributed by atoms with Crippen molar-refractivity contribution in [3.63, 3.8) is 0 Å². The Bertz CT molecular complexity index is 1320. The van der Waals surface area contributed by atoms with Gasteiger partial charge >= 0.3 is 0 Å². The van der Waals surface area contributed by atoms with Crippen LogP contribution in [0.15, 0.2) is 79.0 Å². The lowest BCUT2D eigenvalue weighted by molar-refractivity contribution is 0.565. The van der Waals surface area contributed by atoms with Crippen LogP contribution in [0, 0.1) is 13.8 Å². The molecule has 1 aliphatic heterocycles. The number of aromatic nitrogens is 2. The summed E-state index contributed by atoms with van der Waals surface area (Å²) < 4.78 is 2.20. The van der Waals surface area contributed by atoms with Gasteiger partial charge in [0, 0.05) is 28.3 Å². The lowest BCUT2D eigenvalue weighted by atomic mass is 9.96. The highest BCUT2D eigenvalue weighted by Gasteiger charge is 2.42. The summed E-state index contributed by atoms with van der Waals surface area (Å²) in [6.45, 7) is 4.23. The average Bonchev–Trinajstić information content (AvgIpc) is 3.31. The number of thiocarbonyl (C=S) groups is 1. The van der Waals surface area contributed by atoms with E-state index in [9.17, 15) is 0 Å². The molecule has 0 saturated carbocycles. The van der Waals surface area contributed by atoms with Crippen molar-refractivity contribution in [3.05, 3.63) is 112 Å². The third-order valence-electron chi connectivity index (χ3n) is 6.09. The Morgan fingerprint density at radius 3 is 2.36 bits per heavy atom. The van der Waals surface area contributed by atoms with Crippen LogP contribution in [-0.4, -0.2) is 14.7 Å². The van der Waals surface area contributed by atoms with Gasteiger partial charge in [-0.2, -0.15) is 0 Å². The second-order valence-electron chi connectivity index (χ2n) is 8.09. The van der Waals surface area contributed by atoms with Crippen molar-refractivity contribution < 1.29 is 0 Å². The molecule has 0 unspecified atom stereocenters. The Morgan fingerprint density at radius 1 is 0.939 bits per heavy atom. The smallest absolute Gasteiger partial charge is 0.174 e. The summed E-state index contributed by atoms with van der Waals surface area (Å²) in [5, 5.41) is 5.57. The number of aryl methyl sites for hydroxylation is 1. The van der Waals surface area contributed by atoms with Crippen molar-refractivity contribution in [3.8, 4) is 5.69 Å². The summed E-state index contributed by atoms with van der Waals surface area (Å²) in [4.78, 5) is 6.80. The van der Waals surface area contributed by atoms with E-state index in [2.05, 4.69) is 39.7 Å². The number of nitrogens with one attached hydrogen (secondary N) is 1. The summed E-state index contributed by atoms with van der Waals surface area (Å²) in [6.07, 6.45) is 1.81. The molecule has 1 aliphatic rings. The van der Waals surface area contributed by atoms with Gasteiger partial charge in [0.25, 0.3) is 0 Å². The molecule has 4 aromatic rings. The van der Waals surface area contributed by atoms with Gasteiger partial charge in [-0.05, 0) is 86.2 Å². The third kappa shape index (κ3) is 3.90. The maximum atomic E-state index is 6.57. The number of hydrogen-bond acceptors (Lipinski definition) is 2. The molecule has 3 heterocycles. The number of hydrogen-bond donors (Lipinski definition) is 1. The normalized spacial score (nSPS) is 17.9. The fourth-order valence-corrected chi connectivity index (χ4v) is 5.33. The van der Waals surface area contributed by atoms with E-state index in [0.29, 0.717) is 15.2 Å². The molecular weight excluding hydrogens is 471 g/mol. The van der Waals surface area contributed by atoms with E-state index in [4.69, 9.17) is 35.4 Å². The van der Waals surface area contributed by atoms with E-state index < -0.39 is 0 Å². The van der Waals surface area contributed by atoms with E-state index in [0.717, 1.165) is 34.0 Å². The SMILES string of the molecule is Cc1cc([C@@H]2[C@@H](c3ccccn3)NC(=S)N2c2ccc(Cl)cc2)c(C)n1-c1ccccc1Cl. The summed E-state index contributed by atoms with van der Waals surface area (Å²) in [6, 6.07) is 23.6. The van der Waals surface area contributed by atoms with Crippen molar-refractivity contribution in [2.75, 3.05) is 4.90 Å². The Morgan fingerprint density at radius 2 is 1.67 bits per heavy atom. The molecule has 5 rings (SSSR count). The second-order valence-corrected chi connectivity index (χ2v) is 9.32. The molecule has 0 spiro atoms. The average molecular weight is 493 g/mol. The van der Waals surface area contributed by atoms with Crippen LogP contribution >= 0.6 is 35.4 Å². The highest BCUT2D eigenvalue weighted by atomic mass is 35.5. The Hall–Kier alpha value is -2.86. The molecule has 0 bridgehead atoms. The fraction of sp³-hybridized carbons (Fsp3) is 0.154. The van der Waals surface area contributed by atoms with Gasteiger partial charge in [0.2, 0.25) is 0 Å². The quantitative estimate of drug-likeness (QED) is 0.311. The minimum Gasteiger partial charge on any atom is -0.351 e. The van der Waals surface area contributed by atoms with E-state index in [1.807, 2.05) is 72.9 Å². The first-order chi connectivity index (χ1) is 16.0. The van der Waals surface area contributed by atoms with Crippen LogP contribution in [0.3, 0.4) is 0 Å². The minimum absolute atomic E-state index is 0.101. The van der Waals surface area contributed by atoms with Crippen LogP contribution in [0.1, 0.15) is 34.7 Å². The molecule has 2 aromatic carbocycles. The number of halogens is 2. The zero-order valence-electron chi connectivity index (χ0n) is 18.2. The van der Waals surface area contributed by atoms with E-state index in [-0.39, 0.29) is 12.1 Å². The maximum absolute atomic E-state index is 6.57. The number of rotatable bonds is 4. The predicted octanol–water partition coefficient (Wildman–Crippen LogP) is 6.97. The molecule has 2 atom stereocenters. The lowest BCUT2D eigenvalue weighted by Gasteiger charge is -2.28. The van der Waals surface area contributed by atoms with Crippen LogP contribution in [0.25, 0.3) is 5.69 Å². The Labute approximate surface area is 208 Å². The molecule has 166 valence electrons. The molecular formula is C26H22Cl2N4S. The molecule has 4 nitrogen and oxygen atoms in total. The first kappa shape index (κ1) is 22.0. The monoisotopic (exact) mass is 492 g/mol. The summed E-state index contributed by atoms with van der Waals surface area (Å²) in [5.74, 6) is 0. The van der Waals surface area contributed by atoms with Crippen molar-refractivity contribution in [2.45, 2.75) is 25.9 Å². The van der Waals surface area contributed by atoms with Crippen molar-refractivity contribution >= 4 is 46.2 Å². The van der Waals surface area contributed by atoms with Crippen molar-refractivity contribution in [1.82, 2.24) is 14.9 Å². The van der Waals surface area contributed by atoms with E-state index in [1.54, 1.807) is 0 Å². The summed E-state index contributed by atoms with van der Waals surface area (Å²) in [5.41, 5.74) is 6.24. The number of nitrogens with zero attached hydrogens (tertiary/aromatic N) is 3. The number of benzene rings is 2. The summed E-state index contributed by atoms with van der Waals surface area (Å²) >= 11 is 18.6. The standard InChI is InChI=1S/C26H22Cl2N4S/c1-16-15-20(17(2)31(16)23-9-4-3-7-21(23)28)25-24(22-8-5-6-14-29-22)30-26(33)32(25)19-12-10-18(27)11-13-19/h3-15,24-25H,1-2H3,(H,30,33)/t24-,25-/m1/s1. The molecule has 7 heteroatoms. The molecule has 0 aliphatic carbocycles. The second kappa shape index (κ2) is 8.82. The van der Waals surface area contributed by atoms with Crippen molar-refractivity contribution in [2.24, 2.45) is 0 Å². The van der Waals surface area contributed by atoms with Crippen LogP contribution in [0.4, 0.5) is 5.69 Å². The molecule has 33 heavy (non-hydrogen) atoms. The van der Waals surface area contributed by atoms with Gasteiger partial charge in [-0.25, -0.2) is 0 Å². The van der Waals surface area contributed by atoms with Crippen LogP contribution in [0.2, 0.25) is 10.0 Å². The number of para-hydroxylation sites is 1. The molecule has 0 amide bonds. The van der Waals surface area contributed by atoms with Crippen molar-refractivity contribution in [1.29, 1.82) is 0 Å². The molecule has 1 saturated heterocycles. The Balaban J connectivity index is 1.69. The zero-order chi connectivity index (χ0) is 23.1. The van der Waals surface area contributed by atoms with Gasteiger partial charge in [-0.1, -0.05) is 41.4 Å².